The van der Waals surface area contributed by atoms with E-state index in [2.05, 4.69) is 28.7 Å². The largest absolute Gasteiger partial charge is 0.301 e. The molecule has 0 bridgehead atoms. The average molecular weight is 323 g/mol. The minimum atomic E-state index is 0.240. The highest BCUT2D eigenvalue weighted by Crippen LogP contribution is 2.24. The molecule has 2 aromatic rings. The molecule has 126 valence electrons. The number of hydrogen-bond donors (Lipinski definition) is 0. The lowest BCUT2D eigenvalue weighted by molar-refractivity contribution is 0.0890. The van der Waals surface area contributed by atoms with Gasteiger partial charge in [0.25, 0.3) is 0 Å². The summed E-state index contributed by atoms with van der Waals surface area (Å²) in [5.41, 5.74) is 2.72. The Labute approximate surface area is 143 Å². The van der Waals surface area contributed by atoms with Crippen molar-refractivity contribution in [2.75, 3.05) is 13.1 Å². The summed E-state index contributed by atoms with van der Waals surface area (Å²) in [5.74, 6) is 0.710. The van der Waals surface area contributed by atoms with Gasteiger partial charge in [-0.05, 0) is 50.8 Å². The SMILES string of the molecule is CC(C)N1CCC[C@@H](CC(=O)c2cccc(-c3cncnc3)c2)C1. The molecule has 1 saturated heterocycles. The highest BCUT2D eigenvalue weighted by Gasteiger charge is 2.24. The molecule has 0 spiro atoms. The molecule has 1 aromatic heterocycles. The van der Waals surface area contributed by atoms with Crippen molar-refractivity contribution < 1.29 is 4.79 Å². The Morgan fingerprint density at radius 3 is 2.79 bits per heavy atom. The molecule has 4 nitrogen and oxygen atoms in total. The topological polar surface area (TPSA) is 46.1 Å². The van der Waals surface area contributed by atoms with Crippen molar-refractivity contribution in [3.05, 3.63) is 48.5 Å². The fourth-order valence-corrected chi connectivity index (χ4v) is 3.43. The maximum absolute atomic E-state index is 12.7. The van der Waals surface area contributed by atoms with Gasteiger partial charge in [0.1, 0.15) is 6.33 Å². The third kappa shape index (κ3) is 4.06. The van der Waals surface area contributed by atoms with Gasteiger partial charge < -0.3 is 4.90 Å². The number of ketones is 1. The van der Waals surface area contributed by atoms with Gasteiger partial charge in [0, 0.05) is 42.5 Å². The van der Waals surface area contributed by atoms with Gasteiger partial charge in [0.2, 0.25) is 0 Å². The van der Waals surface area contributed by atoms with Crippen molar-refractivity contribution in [3.63, 3.8) is 0 Å². The molecule has 1 fully saturated rings. The van der Waals surface area contributed by atoms with Crippen LogP contribution in [0.3, 0.4) is 0 Å². The van der Waals surface area contributed by atoms with Gasteiger partial charge >= 0.3 is 0 Å². The van der Waals surface area contributed by atoms with Crippen LogP contribution >= 0.6 is 0 Å². The zero-order valence-corrected chi connectivity index (χ0v) is 14.5. The third-order valence-corrected chi connectivity index (χ3v) is 4.83. The molecule has 0 amide bonds. The van der Waals surface area contributed by atoms with Crippen LogP contribution in [0.25, 0.3) is 11.1 Å². The minimum absolute atomic E-state index is 0.240. The summed E-state index contributed by atoms with van der Waals surface area (Å²) in [6, 6.07) is 8.38. The van der Waals surface area contributed by atoms with Gasteiger partial charge in [0.05, 0.1) is 0 Å². The van der Waals surface area contributed by atoms with Gasteiger partial charge in [-0.3, -0.25) is 4.79 Å². The number of rotatable bonds is 5. The molecule has 2 heterocycles. The van der Waals surface area contributed by atoms with E-state index in [1.54, 1.807) is 12.4 Å². The molecule has 1 aliphatic rings. The Hall–Kier alpha value is -2.07. The lowest BCUT2D eigenvalue weighted by Gasteiger charge is -2.35. The summed E-state index contributed by atoms with van der Waals surface area (Å²) in [6.45, 7) is 6.66. The van der Waals surface area contributed by atoms with Crippen LogP contribution in [0.5, 0.6) is 0 Å². The first-order chi connectivity index (χ1) is 11.6. The second kappa shape index (κ2) is 7.67. The lowest BCUT2D eigenvalue weighted by Crippen LogP contribution is -2.40. The standard InChI is InChI=1S/C20H25N3O/c1-15(2)23-8-4-5-16(13-23)9-20(24)18-7-3-6-17(10-18)19-11-21-14-22-12-19/h3,6-7,10-12,14-16H,4-5,8-9,13H2,1-2H3/t16-/m0/s1. The normalized spacial score (nSPS) is 18.7. The number of carbonyl (C=O) groups excluding carboxylic acids is 1. The van der Waals surface area contributed by atoms with Crippen molar-refractivity contribution in [1.82, 2.24) is 14.9 Å². The van der Waals surface area contributed by atoms with Crippen LogP contribution < -0.4 is 0 Å². The molecular weight excluding hydrogens is 298 g/mol. The molecule has 1 aromatic carbocycles. The fraction of sp³-hybridized carbons (Fsp3) is 0.450. The summed E-state index contributed by atoms with van der Waals surface area (Å²) < 4.78 is 0. The first-order valence-corrected chi connectivity index (χ1v) is 8.76. The number of hydrogen-bond acceptors (Lipinski definition) is 4. The Balaban J connectivity index is 1.69. The van der Waals surface area contributed by atoms with Crippen LogP contribution in [-0.4, -0.2) is 39.8 Å². The van der Waals surface area contributed by atoms with E-state index in [4.69, 9.17) is 0 Å². The van der Waals surface area contributed by atoms with Crippen LogP contribution in [0, 0.1) is 5.92 Å². The second-order valence-electron chi connectivity index (χ2n) is 6.93. The number of Topliss-reactive ketones (excluding diaryl/α,β-unsaturated/α-hetero) is 1. The number of piperidine rings is 1. The quantitative estimate of drug-likeness (QED) is 0.784. The first kappa shape index (κ1) is 16.8. The van der Waals surface area contributed by atoms with Crippen molar-refractivity contribution >= 4 is 5.78 Å². The van der Waals surface area contributed by atoms with E-state index in [0.717, 1.165) is 36.2 Å². The zero-order valence-electron chi connectivity index (χ0n) is 14.5. The predicted octanol–water partition coefficient (Wildman–Crippen LogP) is 3.84. The molecule has 1 aliphatic heterocycles. The monoisotopic (exact) mass is 323 g/mol. The summed E-state index contributed by atoms with van der Waals surface area (Å²) >= 11 is 0. The van der Waals surface area contributed by atoms with E-state index in [0.29, 0.717) is 18.4 Å². The van der Waals surface area contributed by atoms with Crippen LogP contribution in [0.1, 0.15) is 43.5 Å². The highest BCUT2D eigenvalue weighted by atomic mass is 16.1. The smallest absolute Gasteiger partial charge is 0.163 e. The molecule has 1 atom stereocenters. The Morgan fingerprint density at radius 1 is 1.25 bits per heavy atom. The molecule has 0 N–H and O–H groups in total. The molecule has 4 heteroatoms. The number of nitrogens with zero attached hydrogens (tertiary/aromatic N) is 3. The molecule has 0 saturated carbocycles. The molecule has 0 unspecified atom stereocenters. The maximum atomic E-state index is 12.7. The Morgan fingerprint density at radius 2 is 2.04 bits per heavy atom. The van der Waals surface area contributed by atoms with Crippen molar-refractivity contribution in [2.24, 2.45) is 5.92 Å². The molecular formula is C20H25N3O. The van der Waals surface area contributed by atoms with E-state index in [9.17, 15) is 4.79 Å². The van der Waals surface area contributed by atoms with Crippen molar-refractivity contribution in [2.45, 2.75) is 39.2 Å². The Bertz CT molecular complexity index is 684. The number of aromatic nitrogens is 2. The number of carbonyl (C=O) groups is 1. The summed E-state index contributed by atoms with van der Waals surface area (Å²) in [6.07, 6.45) is 8.05. The van der Waals surface area contributed by atoms with E-state index in [1.807, 2.05) is 24.3 Å². The third-order valence-electron chi connectivity index (χ3n) is 4.83. The molecule has 0 aliphatic carbocycles. The average Bonchev–Trinajstić information content (AvgIpc) is 2.63. The first-order valence-electron chi connectivity index (χ1n) is 8.76. The number of benzene rings is 1. The Kier molecular flexibility index (Phi) is 5.36. The van der Waals surface area contributed by atoms with Crippen molar-refractivity contribution in [3.8, 4) is 11.1 Å². The molecule has 3 rings (SSSR count). The molecule has 24 heavy (non-hydrogen) atoms. The van der Waals surface area contributed by atoms with E-state index < -0.39 is 0 Å². The fourth-order valence-electron chi connectivity index (χ4n) is 3.43. The van der Waals surface area contributed by atoms with Gasteiger partial charge in [-0.1, -0.05) is 18.2 Å². The van der Waals surface area contributed by atoms with Crippen LogP contribution in [0.4, 0.5) is 0 Å². The van der Waals surface area contributed by atoms with Gasteiger partial charge in [-0.15, -0.1) is 0 Å². The van der Waals surface area contributed by atoms with E-state index >= 15 is 0 Å². The minimum Gasteiger partial charge on any atom is -0.301 e. The summed E-state index contributed by atoms with van der Waals surface area (Å²) in [7, 11) is 0. The van der Waals surface area contributed by atoms with Crippen molar-refractivity contribution in [1.29, 1.82) is 0 Å². The highest BCUT2D eigenvalue weighted by molar-refractivity contribution is 5.97. The number of likely N-dealkylation sites (tertiary alicyclic amines) is 1. The maximum Gasteiger partial charge on any atom is 0.163 e. The second-order valence-corrected chi connectivity index (χ2v) is 6.93. The van der Waals surface area contributed by atoms with Crippen LogP contribution in [0.2, 0.25) is 0 Å². The molecule has 0 radical (unpaired) electrons. The van der Waals surface area contributed by atoms with Gasteiger partial charge in [0.15, 0.2) is 5.78 Å². The van der Waals surface area contributed by atoms with Gasteiger partial charge in [-0.25, -0.2) is 9.97 Å². The predicted molar refractivity (Wildman–Crippen MR) is 95.8 cm³/mol. The van der Waals surface area contributed by atoms with Crippen LogP contribution in [0.15, 0.2) is 43.0 Å². The lowest BCUT2D eigenvalue weighted by atomic mass is 9.90. The zero-order chi connectivity index (χ0) is 16.9. The summed E-state index contributed by atoms with van der Waals surface area (Å²) in [5, 5.41) is 0. The van der Waals surface area contributed by atoms with Crippen LogP contribution in [-0.2, 0) is 0 Å². The van der Waals surface area contributed by atoms with E-state index in [-0.39, 0.29) is 5.78 Å². The van der Waals surface area contributed by atoms with E-state index in [1.165, 1.54) is 12.7 Å². The summed E-state index contributed by atoms with van der Waals surface area (Å²) in [4.78, 5) is 23.3. The van der Waals surface area contributed by atoms with Gasteiger partial charge in [-0.2, -0.15) is 0 Å².